The van der Waals surface area contributed by atoms with Crippen molar-refractivity contribution in [1.29, 1.82) is 0 Å². The van der Waals surface area contributed by atoms with Crippen molar-refractivity contribution < 1.29 is 9.53 Å². The van der Waals surface area contributed by atoms with Gasteiger partial charge in [0.2, 0.25) is 0 Å². The van der Waals surface area contributed by atoms with Crippen LogP contribution < -0.4 is 5.32 Å². The maximum atomic E-state index is 13.3. The van der Waals surface area contributed by atoms with Crippen LogP contribution in [0.5, 0.6) is 0 Å². The van der Waals surface area contributed by atoms with Crippen molar-refractivity contribution in [3.63, 3.8) is 0 Å². The number of piperidine rings is 1. The van der Waals surface area contributed by atoms with Crippen LogP contribution in [-0.2, 0) is 9.53 Å². The highest BCUT2D eigenvalue weighted by Crippen LogP contribution is 2.33. The number of para-hydroxylation sites is 1. The van der Waals surface area contributed by atoms with Gasteiger partial charge in [0.05, 0.1) is 27.9 Å². The predicted octanol–water partition coefficient (Wildman–Crippen LogP) is 8.44. The van der Waals surface area contributed by atoms with E-state index >= 15 is 0 Å². The van der Waals surface area contributed by atoms with Crippen molar-refractivity contribution in [1.82, 2.24) is 20.1 Å². The number of unbranched alkanes of at least 4 members (excludes halogenated alkanes) is 1. The molecule has 0 bridgehead atoms. The van der Waals surface area contributed by atoms with Crippen molar-refractivity contribution in [2.24, 2.45) is 0 Å². The highest BCUT2D eigenvalue weighted by atomic mass is 32.1. The summed E-state index contributed by atoms with van der Waals surface area (Å²) in [5, 5.41) is 4.38. The molecule has 2 aromatic rings. The molecule has 45 heavy (non-hydrogen) atoms. The summed E-state index contributed by atoms with van der Waals surface area (Å²) in [5.41, 5.74) is 2.63. The number of hydrogen-bond donors (Lipinski definition) is 1. The largest absolute Gasteiger partial charge is 0.497 e. The Bertz CT molecular complexity index is 1370. The second kappa shape index (κ2) is 20.2. The maximum Gasteiger partial charge on any atom is 0.253 e. The molecule has 0 atom stereocenters. The number of benzene rings is 1. The summed E-state index contributed by atoms with van der Waals surface area (Å²) >= 11 is 1.85. The molecule has 0 radical (unpaired) electrons. The average molecular weight is 627 g/mol. The van der Waals surface area contributed by atoms with Gasteiger partial charge in [0.25, 0.3) is 5.91 Å². The molecule has 1 fully saturated rings. The molecule has 1 aromatic heterocycles. The van der Waals surface area contributed by atoms with E-state index < -0.39 is 0 Å². The van der Waals surface area contributed by atoms with Gasteiger partial charge in [-0.05, 0) is 101 Å². The molecule has 0 aliphatic carbocycles. The molecular formula is C38H50N4O2S. The van der Waals surface area contributed by atoms with Gasteiger partial charge in [-0.1, -0.05) is 62.2 Å². The number of fused-ring (bicyclic) bond motifs is 1. The minimum Gasteiger partial charge on any atom is -0.497 e. The monoisotopic (exact) mass is 626 g/mol. The van der Waals surface area contributed by atoms with Gasteiger partial charge in [-0.25, -0.2) is 4.98 Å². The topological polar surface area (TPSA) is 57.7 Å². The van der Waals surface area contributed by atoms with Gasteiger partial charge in [-0.3, -0.25) is 4.79 Å². The average Bonchev–Trinajstić information content (AvgIpc) is 3.50. The summed E-state index contributed by atoms with van der Waals surface area (Å²) in [6, 6.07) is 8.43. The number of aromatic nitrogens is 1. The first-order chi connectivity index (χ1) is 22.0. The molecule has 1 saturated heterocycles. The molecule has 240 valence electrons. The Morgan fingerprint density at radius 3 is 2.67 bits per heavy atom. The lowest BCUT2D eigenvalue weighted by Crippen LogP contribution is -2.34. The Hall–Kier alpha value is -3.94. The van der Waals surface area contributed by atoms with Gasteiger partial charge >= 0.3 is 0 Å². The second-order valence-electron chi connectivity index (χ2n) is 11.1. The van der Waals surface area contributed by atoms with Gasteiger partial charge in [0.1, 0.15) is 5.76 Å². The molecular weight excluding hydrogens is 577 g/mol. The van der Waals surface area contributed by atoms with Crippen LogP contribution in [0.15, 0.2) is 122 Å². The van der Waals surface area contributed by atoms with Crippen LogP contribution in [0.4, 0.5) is 0 Å². The lowest BCUT2D eigenvalue weighted by molar-refractivity contribution is -0.117. The fourth-order valence-corrected chi connectivity index (χ4v) is 6.37. The van der Waals surface area contributed by atoms with Crippen LogP contribution in [0.2, 0.25) is 0 Å². The fourth-order valence-electron chi connectivity index (χ4n) is 5.24. The molecule has 0 spiro atoms. The van der Waals surface area contributed by atoms with E-state index in [0.717, 1.165) is 81.6 Å². The summed E-state index contributed by atoms with van der Waals surface area (Å²) in [7, 11) is 1.64. The van der Waals surface area contributed by atoms with Crippen LogP contribution in [0.1, 0.15) is 56.4 Å². The molecule has 1 aliphatic rings. The number of amides is 1. The number of nitrogens with zero attached hydrogens (tertiary/aromatic N) is 3. The third-order valence-electron chi connectivity index (χ3n) is 7.78. The lowest BCUT2D eigenvalue weighted by Gasteiger charge is -2.31. The molecule has 1 aromatic carbocycles. The predicted molar refractivity (Wildman–Crippen MR) is 192 cm³/mol. The Balaban J connectivity index is 1.51. The number of thiazole rings is 1. The summed E-state index contributed by atoms with van der Waals surface area (Å²) in [6.07, 6.45) is 24.9. The molecule has 7 heteroatoms. The van der Waals surface area contributed by atoms with Crippen LogP contribution in [0.25, 0.3) is 10.2 Å². The second-order valence-corrected chi connectivity index (χ2v) is 12.1. The Kier molecular flexibility index (Phi) is 15.9. The Morgan fingerprint density at radius 1 is 1.16 bits per heavy atom. The molecule has 1 amide bonds. The minimum absolute atomic E-state index is 0.0813. The van der Waals surface area contributed by atoms with Gasteiger partial charge in [-0.15, -0.1) is 11.3 Å². The molecule has 0 unspecified atom stereocenters. The fraction of sp³-hybridized carbons (Fsp3) is 0.368. The van der Waals surface area contributed by atoms with Gasteiger partial charge in [-0.2, -0.15) is 0 Å². The summed E-state index contributed by atoms with van der Waals surface area (Å²) in [4.78, 5) is 22.8. The number of hydrogen-bond acceptors (Lipinski definition) is 6. The number of methoxy groups -OCH3 is 1. The minimum atomic E-state index is -0.0813. The number of rotatable bonds is 19. The molecule has 0 saturated carbocycles. The van der Waals surface area contributed by atoms with E-state index in [1.165, 1.54) is 9.71 Å². The number of carbonyl (C=O) groups is 1. The lowest BCUT2D eigenvalue weighted by atomic mass is 9.97. The molecule has 3 rings (SSSR count). The van der Waals surface area contributed by atoms with E-state index in [1.54, 1.807) is 25.3 Å². The Labute approximate surface area is 274 Å². The summed E-state index contributed by atoms with van der Waals surface area (Å²) in [5.74, 6) is 1.24. The smallest absolute Gasteiger partial charge is 0.253 e. The maximum absolute atomic E-state index is 13.3. The number of carbonyl (C=O) groups excluding carboxylic acids is 1. The van der Waals surface area contributed by atoms with Crippen molar-refractivity contribution in [3.05, 3.63) is 127 Å². The zero-order valence-corrected chi connectivity index (χ0v) is 27.9. The van der Waals surface area contributed by atoms with Crippen LogP contribution in [0, 0.1) is 0 Å². The highest BCUT2D eigenvalue weighted by molar-refractivity contribution is 7.18. The first kappa shape index (κ1) is 35.5. The first-order valence-corrected chi connectivity index (χ1v) is 16.7. The molecule has 1 aliphatic heterocycles. The highest BCUT2D eigenvalue weighted by Gasteiger charge is 2.23. The van der Waals surface area contributed by atoms with Crippen LogP contribution in [0.3, 0.4) is 0 Å². The third-order valence-corrected chi connectivity index (χ3v) is 8.97. The van der Waals surface area contributed by atoms with Crippen LogP contribution >= 0.6 is 11.3 Å². The number of nitrogens with one attached hydrogen (secondary N) is 1. The van der Waals surface area contributed by atoms with E-state index in [-0.39, 0.29) is 5.91 Å². The molecule has 6 nitrogen and oxygen atoms in total. The van der Waals surface area contributed by atoms with Crippen molar-refractivity contribution in [2.45, 2.75) is 51.4 Å². The van der Waals surface area contributed by atoms with Crippen molar-refractivity contribution in [3.8, 4) is 0 Å². The van der Waals surface area contributed by atoms with Gasteiger partial charge < -0.3 is 19.9 Å². The number of likely N-dealkylation sites (tertiary alicyclic amines) is 1. The number of allylic oxidation sites excluding steroid dienone is 8. The third kappa shape index (κ3) is 12.2. The van der Waals surface area contributed by atoms with E-state index in [2.05, 4.69) is 71.3 Å². The molecule has 1 N–H and O–H groups in total. The van der Waals surface area contributed by atoms with E-state index in [0.29, 0.717) is 18.0 Å². The van der Waals surface area contributed by atoms with Crippen molar-refractivity contribution in [2.75, 3.05) is 39.8 Å². The quantitative estimate of drug-likeness (QED) is 0.0558. The van der Waals surface area contributed by atoms with Gasteiger partial charge in [0.15, 0.2) is 0 Å². The van der Waals surface area contributed by atoms with E-state index in [9.17, 15) is 4.79 Å². The zero-order valence-electron chi connectivity index (χ0n) is 27.1. The van der Waals surface area contributed by atoms with E-state index in [4.69, 9.17) is 9.72 Å². The normalized spacial score (nSPS) is 15.6. The van der Waals surface area contributed by atoms with E-state index in [1.807, 2.05) is 48.9 Å². The Morgan fingerprint density at radius 2 is 1.96 bits per heavy atom. The van der Waals surface area contributed by atoms with Gasteiger partial charge in [0, 0.05) is 31.4 Å². The van der Waals surface area contributed by atoms with Crippen molar-refractivity contribution >= 4 is 27.5 Å². The summed E-state index contributed by atoms with van der Waals surface area (Å²) < 4.78 is 6.46. The standard InChI is InChI=1S/C38H50N4O2S/c1-6-9-25-42(27-17-26-41-28-22-32(23-29-41)38-40-35-20-14-15-21-36(35)45-38)30-34(31(4)18-7-2)37(43)39-24-16-12-10-11-13-19-33(8-3)44-5/h6-11,14-15,18-21,25,30,32H,1-3,12-13,16-17,22-24,26-29H2,4-5H3,(H,39,43)/b11-10-,25-9+,31-18+,33-19+,34-30+. The molecule has 2 heterocycles. The zero-order chi connectivity index (χ0) is 32.3. The SMILES string of the molecule is C=C/C=C/N(/C=C(C(=O)NCCC/C=C\C/C=C(\C=C)OC)\C(C)=C\C=C)CCCN1CCC(c2nc3ccccc3s2)CC1. The summed E-state index contributed by atoms with van der Waals surface area (Å²) in [6.45, 7) is 17.9. The number of ether oxygens (including phenoxy) is 1. The van der Waals surface area contributed by atoms with Crippen LogP contribution in [-0.4, -0.2) is 60.5 Å². The first-order valence-electron chi connectivity index (χ1n) is 15.9.